The van der Waals surface area contributed by atoms with Gasteiger partial charge >= 0.3 is 0 Å². The van der Waals surface area contributed by atoms with E-state index in [0.29, 0.717) is 11.7 Å². The molecular weight excluding hydrogens is 164 g/mol. The van der Waals surface area contributed by atoms with Crippen LogP contribution in [0.2, 0.25) is 0 Å². The Bertz CT molecular complexity index is 330. The van der Waals surface area contributed by atoms with Gasteiger partial charge < -0.3 is 0 Å². The van der Waals surface area contributed by atoms with Crippen LogP contribution in [0.3, 0.4) is 0 Å². The van der Waals surface area contributed by atoms with E-state index in [1.807, 2.05) is 38.3 Å². The summed E-state index contributed by atoms with van der Waals surface area (Å²) >= 11 is 0. The molecule has 0 radical (unpaired) electrons. The van der Waals surface area contributed by atoms with Crippen LogP contribution in [-0.4, -0.2) is 14.8 Å². The van der Waals surface area contributed by atoms with Crippen LogP contribution in [0.4, 0.5) is 0 Å². The molecule has 1 heterocycles. The first kappa shape index (κ1) is 9.72. The average Bonchev–Trinajstić information content (AvgIpc) is 2.46. The first-order chi connectivity index (χ1) is 6.07. The fourth-order valence-electron chi connectivity index (χ4n) is 1.28. The van der Waals surface area contributed by atoms with Crippen LogP contribution in [-0.2, 0) is 0 Å². The fraction of sp³-hybridized carbons (Fsp3) is 0.667. The molecule has 0 saturated heterocycles. The highest BCUT2D eigenvalue weighted by atomic mass is 15.3. The van der Waals surface area contributed by atoms with Crippen molar-refractivity contribution in [1.82, 2.24) is 14.8 Å². The van der Waals surface area contributed by atoms with E-state index < -0.39 is 0 Å². The summed E-state index contributed by atoms with van der Waals surface area (Å²) in [4.78, 5) is 0. The topological polar surface area (TPSA) is 54.5 Å². The van der Waals surface area contributed by atoms with Crippen molar-refractivity contribution < 1.29 is 0 Å². The lowest BCUT2D eigenvalue weighted by Gasteiger charge is -2.12. The minimum atomic E-state index is 0.238. The highest BCUT2D eigenvalue weighted by molar-refractivity contribution is 5.14. The van der Waals surface area contributed by atoms with Gasteiger partial charge in [0.05, 0.1) is 0 Å². The van der Waals surface area contributed by atoms with Crippen molar-refractivity contribution >= 4 is 0 Å². The Labute approximate surface area is 78.2 Å². The molecule has 0 fully saturated rings. The Kier molecular flexibility index (Phi) is 2.66. The monoisotopic (exact) mass is 178 g/mol. The quantitative estimate of drug-likeness (QED) is 0.694. The second-order valence-corrected chi connectivity index (χ2v) is 3.61. The Morgan fingerprint density at radius 3 is 2.23 bits per heavy atom. The number of rotatable bonds is 2. The Morgan fingerprint density at radius 2 is 1.85 bits per heavy atom. The van der Waals surface area contributed by atoms with E-state index in [1.165, 1.54) is 0 Å². The lowest BCUT2D eigenvalue weighted by molar-refractivity contribution is 0.545. The maximum absolute atomic E-state index is 8.79. The zero-order chi connectivity index (χ0) is 10.0. The predicted molar refractivity (Wildman–Crippen MR) is 49.2 cm³/mol. The molecule has 4 heteroatoms. The summed E-state index contributed by atoms with van der Waals surface area (Å²) in [5.41, 5.74) is 0. The minimum absolute atomic E-state index is 0.238. The van der Waals surface area contributed by atoms with Gasteiger partial charge in [0.25, 0.3) is 0 Å². The molecule has 0 unspecified atom stereocenters. The summed E-state index contributed by atoms with van der Waals surface area (Å²) < 4.78 is 1.88. The lowest BCUT2D eigenvalue weighted by atomic mass is 10.2. The van der Waals surface area contributed by atoms with Crippen LogP contribution in [0.25, 0.3) is 0 Å². The summed E-state index contributed by atoms with van der Waals surface area (Å²) in [5.74, 6) is 1.59. The van der Waals surface area contributed by atoms with Crippen LogP contribution >= 0.6 is 0 Å². The van der Waals surface area contributed by atoms with Gasteiger partial charge in [0.1, 0.15) is 11.9 Å². The maximum atomic E-state index is 8.79. The van der Waals surface area contributed by atoms with Gasteiger partial charge in [-0.15, -0.1) is 10.2 Å². The lowest BCUT2D eigenvalue weighted by Crippen LogP contribution is -2.09. The van der Waals surface area contributed by atoms with Gasteiger partial charge in [-0.05, 0) is 13.8 Å². The number of nitriles is 1. The molecule has 0 bridgehead atoms. The van der Waals surface area contributed by atoms with Crippen LogP contribution < -0.4 is 0 Å². The number of hydrogen-bond acceptors (Lipinski definition) is 3. The van der Waals surface area contributed by atoms with Gasteiger partial charge in [-0.2, -0.15) is 5.26 Å². The van der Waals surface area contributed by atoms with Crippen molar-refractivity contribution in [2.24, 2.45) is 0 Å². The molecule has 4 nitrogen and oxygen atoms in total. The van der Waals surface area contributed by atoms with Gasteiger partial charge in [0.15, 0.2) is 0 Å². The number of nitrogens with zero attached hydrogens (tertiary/aromatic N) is 4. The molecule has 0 spiro atoms. The average molecular weight is 178 g/mol. The zero-order valence-corrected chi connectivity index (χ0v) is 8.44. The molecular formula is C9H14N4. The highest BCUT2D eigenvalue weighted by Crippen LogP contribution is 2.17. The molecule has 70 valence electrons. The molecule has 1 rings (SSSR count). The molecule has 0 saturated carbocycles. The van der Waals surface area contributed by atoms with Gasteiger partial charge in [0, 0.05) is 12.0 Å². The summed E-state index contributed by atoms with van der Waals surface area (Å²) in [7, 11) is 0. The van der Waals surface area contributed by atoms with Crippen LogP contribution in [0.15, 0.2) is 0 Å². The zero-order valence-electron chi connectivity index (χ0n) is 8.44. The Hall–Kier alpha value is -1.37. The van der Waals surface area contributed by atoms with Crippen molar-refractivity contribution in [3.8, 4) is 6.07 Å². The van der Waals surface area contributed by atoms with Gasteiger partial charge in [-0.25, -0.2) is 0 Å². The maximum Gasteiger partial charge on any atom is 0.235 e. The molecule has 1 aromatic rings. The standard InChI is InChI=1S/C9H14N4/c1-6(2)9-12-11-8(5-10)13(9)7(3)4/h6-7H,1-4H3. The smallest absolute Gasteiger partial charge is 0.235 e. The van der Waals surface area contributed by atoms with Crippen LogP contribution in [0, 0.1) is 11.3 Å². The van der Waals surface area contributed by atoms with Crippen LogP contribution in [0.1, 0.15) is 51.3 Å². The normalized spacial score (nSPS) is 10.8. The van der Waals surface area contributed by atoms with Gasteiger partial charge in [-0.3, -0.25) is 4.57 Å². The van der Waals surface area contributed by atoms with Gasteiger partial charge in [-0.1, -0.05) is 13.8 Å². The summed E-state index contributed by atoms with van der Waals surface area (Å²) in [6.07, 6.45) is 0. The summed E-state index contributed by atoms with van der Waals surface area (Å²) in [6.45, 7) is 8.14. The molecule has 0 aliphatic carbocycles. The molecule has 0 aromatic carbocycles. The van der Waals surface area contributed by atoms with Crippen molar-refractivity contribution in [2.75, 3.05) is 0 Å². The number of aromatic nitrogens is 3. The molecule has 0 atom stereocenters. The largest absolute Gasteiger partial charge is 0.300 e. The summed E-state index contributed by atoms with van der Waals surface area (Å²) in [5, 5.41) is 16.6. The fourth-order valence-corrected chi connectivity index (χ4v) is 1.28. The first-order valence-corrected chi connectivity index (χ1v) is 4.42. The molecule has 0 N–H and O–H groups in total. The van der Waals surface area contributed by atoms with E-state index in [4.69, 9.17) is 5.26 Å². The van der Waals surface area contributed by atoms with Crippen molar-refractivity contribution in [3.05, 3.63) is 11.6 Å². The molecule has 0 amide bonds. The summed E-state index contributed by atoms with van der Waals surface area (Å²) in [6, 6.07) is 2.28. The second kappa shape index (κ2) is 3.56. The Balaban J connectivity index is 3.24. The second-order valence-electron chi connectivity index (χ2n) is 3.61. The van der Waals surface area contributed by atoms with E-state index in [0.717, 1.165) is 5.82 Å². The third kappa shape index (κ3) is 1.69. The van der Waals surface area contributed by atoms with Gasteiger partial charge in [0.2, 0.25) is 5.82 Å². The molecule has 1 aromatic heterocycles. The SMILES string of the molecule is CC(C)c1nnc(C#N)n1C(C)C. The van der Waals surface area contributed by atoms with E-state index in [-0.39, 0.29) is 6.04 Å². The highest BCUT2D eigenvalue weighted by Gasteiger charge is 2.16. The third-order valence-corrected chi connectivity index (χ3v) is 1.85. The minimum Gasteiger partial charge on any atom is -0.300 e. The number of hydrogen-bond donors (Lipinski definition) is 0. The molecule has 13 heavy (non-hydrogen) atoms. The first-order valence-electron chi connectivity index (χ1n) is 4.42. The predicted octanol–water partition coefficient (Wildman–Crippen LogP) is 1.85. The van der Waals surface area contributed by atoms with Crippen molar-refractivity contribution in [3.63, 3.8) is 0 Å². The van der Waals surface area contributed by atoms with E-state index in [1.54, 1.807) is 0 Å². The van der Waals surface area contributed by atoms with E-state index in [9.17, 15) is 0 Å². The van der Waals surface area contributed by atoms with Crippen molar-refractivity contribution in [1.29, 1.82) is 5.26 Å². The Morgan fingerprint density at radius 1 is 1.23 bits per heavy atom. The van der Waals surface area contributed by atoms with Crippen molar-refractivity contribution in [2.45, 2.75) is 39.7 Å². The molecule has 0 aliphatic heterocycles. The third-order valence-electron chi connectivity index (χ3n) is 1.85. The van der Waals surface area contributed by atoms with E-state index >= 15 is 0 Å². The molecule has 0 aliphatic rings. The van der Waals surface area contributed by atoms with E-state index in [2.05, 4.69) is 10.2 Å². The van der Waals surface area contributed by atoms with Crippen LogP contribution in [0.5, 0.6) is 0 Å².